The number of amides is 2. The van der Waals surface area contributed by atoms with Gasteiger partial charge in [-0.2, -0.15) is 0 Å². The number of benzene rings is 2. The summed E-state index contributed by atoms with van der Waals surface area (Å²) in [4.78, 5) is 26.2. The smallest absolute Gasteiger partial charge is 0.316 e. The van der Waals surface area contributed by atoms with Gasteiger partial charge < -0.3 is 19.7 Å². The fourth-order valence-corrected chi connectivity index (χ4v) is 2.81. The van der Waals surface area contributed by atoms with Gasteiger partial charge in [-0.05, 0) is 43.7 Å². The molecule has 0 aromatic heterocycles. The number of nitrogens with one attached hydrogen (secondary N) is 1. The topological polar surface area (TPSA) is 67.9 Å². The number of aryl methyl sites for hydroxylation is 1. The van der Waals surface area contributed by atoms with Gasteiger partial charge >= 0.3 is 11.8 Å². The van der Waals surface area contributed by atoms with Gasteiger partial charge in [0.05, 0.1) is 6.54 Å². The van der Waals surface area contributed by atoms with Crippen LogP contribution in [0.5, 0.6) is 11.5 Å². The molecule has 2 amide bonds. The lowest BCUT2D eigenvalue weighted by atomic mass is 10.2. The molecule has 0 fully saturated rings. The zero-order valence-corrected chi connectivity index (χ0v) is 14.9. The van der Waals surface area contributed by atoms with E-state index in [2.05, 4.69) is 5.32 Å². The number of hydrogen-bond acceptors (Lipinski definition) is 4. The van der Waals surface area contributed by atoms with Crippen LogP contribution in [0.3, 0.4) is 0 Å². The molecule has 1 heterocycles. The number of ether oxygens (including phenoxy) is 2. The fraction of sp³-hybridized carbons (Fsp3) is 0.300. The number of likely N-dealkylation sites (N-methyl/N-ethyl adjacent to an activating group) is 1. The average Bonchev–Trinajstić information content (AvgIpc) is 2.66. The first-order chi connectivity index (χ1) is 12.6. The number of anilines is 1. The first kappa shape index (κ1) is 17.8. The lowest BCUT2D eigenvalue weighted by Gasteiger charge is -2.27. The van der Waals surface area contributed by atoms with Crippen molar-refractivity contribution >= 4 is 17.5 Å². The third-order valence-electron chi connectivity index (χ3n) is 4.13. The molecule has 0 saturated carbocycles. The summed E-state index contributed by atoms with van der Waals surface area (Å²) in [6, 6.07) is 14.9. The zero-order valence-electron chi connectivity index (χ0n) is 14.9. The SMILES string of the molecule is CCN(C(=O)C(=O)NCC1COc2ccccc2O1)c1cccc(C)c1. The normalized spacial score (nSPS) is 15.2. The molecule has 3 rings (SSSR count). The molecule has 1 atom stereocenters. The lowest BCUT2D eigenvalue weighted by molar-refractivity contribution is -0.137. The van der Waals surface area contributed by atoms with Gasteiger partial charge in [0.25, 0.3) is 0 Å². The van der Waals surface area contributed by atoms with Crippen LogP contribution in [0.1, 0.15) is 12.5 Å². The van der Waals surface area contributed by atoms with E-state index >= 15 is 0 Å². The Morgan fingerprint density at radius 1 is 1.15 bits per heavy atom. The third kappa shape index (κ3) is 3.96. The van der Waals surface area contributed by atoms with Gasteiger partial charge in [0, 0.05) is 12.2 Å². The van der Waals surface area contributed by atoms with E-state index in [9.17, 15) is 9.59 Å². The van der Waals surface area contributed by atoms with Crippen molar-refractivity contribution in [1.29, 1.82) is 0 Å². The summed E-state index contributed by atoms with van der Waals surface area (Å²) < 4.78 is 11.4. The van der Waals surface area contributed by atoms with Gasteiger partial charge in [-0.3, -0.25) is 9.59 Å². The standard InChI is InChI=1S/C20H22N2O4/c1-3-22(15-8-6-7-14(2)11-15)20(24)19(23)21-12-16-13-25-17-9-4-5-10-18(17)26-16/h4-11,16H,3,12-13H2,1-2H3,(H,21,23). The minimum absolute atomic E-state index is 0.199. The van der Waals surface area contributed by atoms with E-state index in [4.69, 9.17) is 9.47 Å². The van der Waals surface area contributed by atoms with Gasteiger partial charge in [-0.15, -0.1) is 0 Å². The molecule has 1 aliphatic heterocycles. The first-order valence-corrected chi connectivity index (χ1v) is 8.63. The van der Waals surface area contributed by atoms with Crippen LogP contribution in [0.2, 0.25) is 0 Å². The molecular formula is C20H22N2O4. The van der Waals surface area contributed by atoms with E-state index < -0.39 is 11.8 Å². The Kier molecular flexibility index (Phi) is 5.41. The second kappa shape index (κ2) is 7.91. The van der Waals surface area contributed by atoms with Crippen LogP contribution in [-0.4, -0.2) is 37.6 Å². The van der Waals surface area contributed by atoms with Gasteiger partial charge in [-0.25, -0.2) is 0 Å². The summed E-state index contributed by atoms with van der Waals surface area (Å²) in [5.41, 5.74) is 1.74. The number of carbonyl (C=O) groups is 2. The van der Waals surface area contributed by atoms with Crippen LogP contribution in [0.25, 0.3) is 0 Å². The number of hydrogen-bond donors (Lipinski definition) is 1. The van der Waals surface area contributed by atoms with Crippen molar-refractivity contribution in [3.05, 3.63) is 54.1 Å². The zero-order chi connectivity index (χ0) is 18.5. The Bertz CT molecular complexity index is 806. The number of carbonyl (C=O) groups excluding carboxylic acids is 2. The molecule has 6 heteroatoms. The van der Waals surface area contributed by atoms with Gasteiger partial charge in [-0.1, -0.05) is 24.3 Å². The highest BCUT2D eigenvalue weighted by Crippen LogP contribution is 2.30. The number of rotatable bonds is 4. The highest BCUT2D eigenvalue weighted by molar-refractivity contribution is 6.40. The molecule has 0 spiro atoms. The summed E-state index contributed by atoms with van der Waals surface area (Å²) in [6.45, 7) is 4.71. The molecule has 0 radical (unpaired) electrons. The molecule has 26 heavy (non-hydrogen) atoms. The molecule has 6 nitrogen and oxygen atoms in total. The molecule has 0 bridgehead atoms. The van der Waals surface area contributed by atoms with Crippen molar-refractivity contribution in [2.75, 3.05) is 24.6 Å². The monoisotopic (exact) mass is 354 g/mol. The van der Waals surface area contributed by atoms with Crippen molar-refractivity contribution in [2.24, 2.45) is 0 Å². The molecule has 0 saturated heterocycles. The van der Waals surface area contributed by atoms with E-state index in [-0.39, 0.29) is 12.6 Å². The van der Waals surface area contributed by atoms with Crippen LogP contribution in [0, 0.1) is 6.92 Å². The second-order valence-corrected chi connectivity index (χ2v) is 6.10. The highest BCUT2D eigenvalue weighted by Gasteiger charge is 2.25. The van der Waals surface area contributed by atoms with Crippen LogP contribution in [0.4, 0.5) is 5.69 Å². The fourth-order valence-electron chi connectivity index (χ4n) is 2.81. The Morgan fingerprint density at radius 3 is 2.65 bits per heavy atom. The summed E-state index contributed by atoms with van der Waals surface area (Å²) in [5.74, 6) is 0.0769. The molecule has 1 unspecified atom stereocenters. The highest BCUT2D eigenvalue weighted by atomic mass is 16.6. The molecule has 0 aliphatic carbocycles. The molecule has 1 aliphatic rings. The Balaban J connectivity index is 1.58. The lowest BCUT2D eigenvalue weighted by Crippen LogP contribution is -2.47. The Hall–Kier alpha value is -3.02. The van der Waals surface area contributed by atoms with Crippen LogP contribution >= 0.6 is 0 Å². The number of fused-ring (bicyclic) bond motifs is 1. The molecule has 2 aromatic rings. The van der Waals surface area contributed by atoms with E-state index in [1.54, 1.807) is 0 Å². The largest absolute Gasteiger partial charge is 0.486 e. The van der Waals surface area contributed by atoms with Crippen LogP contribution < -0.4 is 19.7 Å². The predicted molar refractivity (Wildman–Crippen MR) is 98.6 cm³/mol. The van der Waals surface area contributed by atoms with Crippen molar-refractivity contribution in [3.63, 3.8) is 0 Å². The number of para-hydroxylation sites is 2. The van der Waals surface area contributed by atoms with Crippen molar-refractivity contribution < 1.29 is 19.1 Å². The molecular weight excluding hydrogens is 332 g/mol. The van der Waals surface area contributed by atoms with Crippen molar-refractivity contribution in [3.8, 4) is 11.5 Å². The maximum Gasteiger partial charge on any atom is 0.316 e. The Morgan fingerprint density at radius 2 is 1.92 bits per heavy atom. The summed E-state index contributed by atoms with van der Waals surface area (Å²) >= 11 is 0. The van der Waals surface area contributed by atoms with Gasteiger partial charge in [0.2, 0.25) is 0 Å². The van der Waals surface area contributed by atoms with E-state index in [0.717, 1.165) is 5.56 Å². The van der Waals surface area contributed by atoms with E-state index in [1.165, 1.54) is 4.90 Å². The quantitative estimate of drug-likeness (QED) is 0.856. The molecule has 136 valence electrons. The maximum atomic E-state index is 12.5. The summed E-state index contributed by atoms with van der Waals surface area (Å²) in [6.07, 6.45) is -0.337. The summed E-state index contributed by atoms with van der Waals surface area (Å²) in [5, 5.41) is 2.65. The van der Waals surface area contributed by atoms with Gasteiger partial charge in [0.15, 0.2) is 11.5 Å². The van der Waals surface area contributed by atoms with Crippen LogP contribution in [-0.2, 0) is 9.59 Å². The second-order valence-electron chi connectivity index (χ2n) is 6.10. The van der Waals surface area contributed by atoms with Gasteiger partial charge in [0.1, 0.15) is 12.7 Å². The number of nitrogens with zero attached hydrogens (tertiary/aromatic N) is 1. The van der Waals surface area contributed by atoms with Crippen molar-refractivity contribution in [1.82, 2.24) is 5.32 Å². The van der Waals surface area contributed by atoms with Crippen molar-refractivity contribution in [2.45, 2.75) is 20.0 Å². The molecule has 1 N–H and O–H groups in total. The van der Waals surface area contributed by atoms with E-state index in [0.29, 0.717) is 30.3 Å². The minimum Gasteiger partial charge on any atom is -0.486 e. The minimum atomic E-state index is -0.657. The van der Waals surface area contributed by atoms with E-state index in [1.807, 2.05) is 62.4 Å². The third-order valence-corrected chi connectivity index (χ3v) is 4.13. The Labute approximate surface area is 152 Å². The average molecular weight is 354 g/mol. The predicted octanol–water partition coefficient (Wildman–Crippen LogP) is 2.30. The molecule has 2 aromatic carbocycles. The summed E-state index contributed by atoms with van der Waals surface area (Å²) in [7, 11) is 0. The first-order valence-electron chi connectivity index (χ1n) is 8.63. The maximum absolute atomic E-state index is 12.5. The van der Waals surface area contributed by atoms with Crippen LogP contribution in [0.15, 0.2) is 48.5 Å².